The van der Waals surface area contributed by atoms with Gasteiger partial charge in [0.2, 0.25) is 0 Å². The Morgan fingerprint density at radius 3 is 1.90 bits per heavy atom. The minimum atomic E-state index is 0.188. The molecule has 112 valence electrons. The van der Waals surface area contributed by atoms with Crippen molar-refractivity contribution >= 4 is 0 Å². The molecule has 2 heteroatoms. The summed E-state index contributed by atoms with van der Waals surface area (Å²) in [5.41, 5.74) is 3.25. The molecule has 0 radical (unpaired) electrons. The Morgan fingerprint density at radius 1 is 0.900 bits per heavy atom. The molecule has 20 heavy (non-hydrogen) atoms. The van der Waals surface area contributed by atoms with Gasteiger partial charge < -0.3 is 4.74 Å². The van der Waals surface area contributed by atoms with Gasteiger partial charge in [0.25, 0.3) is 0 Å². The van der Waals surface area contributed by atoms with Crippen molar-refractivity contribution in [2.45, 2.75) is 45.4 Å². The van der Waals surface area contributed by atoms with E-state index in [2.05, 4.69) is 63.8 Å². The highest BCUT2D eigenvalue weighted by Gasteiger charge is 2.25. The van der Waals surface area contributed by atoms with E-state index < -0.39 is 0 Å². The van der Waals surface area contributed by atoms with Gasteiger partial charge in [-0.05, 0) is 16.5 Å². The molecule has 0 aromatic heterocycles. The molecular formula is C18H29NO. The quantitative estimate of drug-likeness (QED) is 0.836. The molecule has 0 spiro atoms. The van der Waals surface area contributed by atoms with Gasteiger partial charge >= 0.3 is 0 Å². The number of morpholine rings is 1. The number of rotatable bonds is 3. The van der Waals surface area contributed by atoms with E-state index in [1.54, 1.807) is 0 Å². The van der Waals surface area contributed by atoms with Gasteiger partial charge in [0, 0.05) is 25.0 Å². The molecule has 0 aliphatic carbocycles. The van der Waals surface area contributed by atoms with Crippen molar-refractivity contribution in [2.24, 2.45) is 0 Å². The summed E-state index contributed by atoms with van der Waals surface area (Å²) >= 11 is 0. The van der Waals surface area contributed by atoms with Crippen LogP contribution in [-0.2, 0) is 15.6 Å². The molecule has 1 aliphatic heterocycles. The summed E-state index contributed by atoms with van der Waals surface area (Å²) in [4.78, 5) is 2.52. The maximum absolute atomic E-state index is 5.43. The molecule has 0 amide bonds. The molecule has 0 N–H and O–H groups in total. The zero-order valence-corrected chi connectivity index (χ0v) is 13.7. The number of benzene rings is 1. The molecule has 0 unspecified atom stereocenters. The Hall–Kier alpha value is -0.860. The zero-order valence-electron chi connectivity index (χ0n) is 13.7. The van der Waals surface area contributed by atoms with Crippen LogP contribution in [0.5, 0.6) is 0 Å². The summed E-state index contributed by atoms with van der Waals surface area (Å²) in [6.07, 6.45) is 0. The molecule has 1 aromatic carbocycles. The van der Waals surface area contributed by atoms with Crippen molar-refractivity contribution in [3.05, 3.63) is 35.4 Å². The third-order valence-electron chi connectivity index (χ3n) is 4.25. The molecule has 1 aromatic rings. The van der Waals surface area contributed by atoms with E-state index in [9.17, 15) is 0 Å². The fourth-order valence-corrected chi connectivity index (χ4v) is 2.83. The Balaban J connectivity index is 2.08. The Morgan fingerprint density at radius 2 is 1.40 bits per heavy atom. The molecular weight excluding hydrogens is 246 g/mol. The second-order valence-corrected chi connectivity index (χ2v) is 7.60. The summed E-state index contributed by atoms with van der Waals surface area (Å²) in [6, 6.07) is 9.19. The van der Waals surface area contributed by atoms with E-state index in [1.165, 1.54) is 11.1 Å². The predicted molar refractivity (Wildman–Crippen MR) is 85.4 cm³/mol. The number of hydrogen-bond donors (Lipinski definition) is 0. The molecule has 0 bridgehead atoms. The van der Waals surface area contributed by atoms with Crippen LogP contribution in [0.3, 0.4) is 0 Å². The maximum Gasteiger partial charge on any atom is 0.0594 e. The van der Waals surface area contributed by atoms with Crippen LogP contribution in [0.2, 0.25) is 0 Å². The van der Waals surface area contributed by atoms with Gasteiger partial charge in [-0.25, -0.2) is 0 Å². The zero-order chi connectivity index (χ0) is 14.8. The lowest BCUT2D eigenvalue weighted by Gasteiger charge is -2.35. The van der Waals surface area contributed by atoms with Crippen LogP contribution < -0.4 is 0 Å². The highest BCUT2D eigenvalue weighted by Crippen LogP contribution is 2.28. The first-order chi connectivity index (χ1) is 9.29. The van der Waals surface area contributed by atoms with Crippen molar-refractivity contribution in [1.29, 1.82) is 0 Å². The van der Waals surface area contributed by atoms with Crippen LogP contribution in [-0.4, -0.2) is 37.7 Å². The molecule has 1 fully saturated rings. The second kappa shape index (κ2) is 5.87. The van der Waals surface area contributed by atoms with E-state index in [1.807, 2.05) is 0 Å². The lowest BCUT2D eigenvalue weighted by molar-refractivity contribution is 0.0295. The summed E-state index contributed by atoms with van der Waals surface area (Å²) < 4.78 is 5.43. The summed E-state index contributed by atoms with van der Waals surface area (Å²) in [7, 11) is 0. The van der Waals surface area contributed by atoms with E-state index in [4.69, 9.17) is 4.74 Å². The summed E-state index contributed by atoms with van der Waals surface area (Å²) in [5.74, 6) is 0. The second-order valence-electron chi connectivity index (χ2n) is 7.60. The largest absolute Gasteiger partial charge is 0.379 e. The van der Waals surface area contributed by atoms with Crippen molar-refractivity contribution in [3.8, 4) is 0 Å². The topological polar surface area (TPSA) is 12.5 Å². The summed E-state index contributed by atoms with van der Waals surface area (Å²) in [6.45, 7) is 16.4. The molecule has 1 saturated heterocycles. The molecule has 0 saturated carbocycles. The lowest BCUT2D eigenvalue weighted by Crippen LogP contribution is -2.43. The first-order valence-corrected chi connectivity index (χ1v) is 7.70. The normalized spacial score (nSPS) is 18.2. The Bertz CT molecular complexity index is 422. The van der Waals surface area contributed by atoms with Gasteiger partial charge in [-0.15, -0.1) is 0 Å². The average molecular weight is 275 g/mol. The van der Waals surface area contributed by atoms with Crippen LogP contribution in [0.25, 0.3) is 0 Å². The standard InChI is InChI=1S/C18H29NO/c1-17(2,3)15-6-8-16(9-7-15)18(4,5)14-19-10-12-20-13-11-19/h6-9H,10-14H2,1-5H3. The minimum absolute atomic E-state index is 0.188. The molecule has 1 aliphatic rings. The lowest BCUT2D eigenvalue weighted by atomic mass is 9.81. The van der Waals surface area contributed by atoms with Gasteiger partial charge in [0.05, 0.1) is 13.2 Å². The van der Waals surface area contributed by atoms with Crippen LogP contribution in [0, 0.1) is 0 Å². The first-order valence-electron chi connectivity index (χ1n) is 7.70. The number of ether oxygens (including phenoxy) is 1. The van der Waals surface area contributed by atoms with Gasteiger partial charge in [-0.3, -0.25) is 4.90 Å². The van der Waals surface area contributed by atoms with Crippen molar-refractivity contribution in [2.75, 3.05) is 32.8 Å². The van der Waals surface area contributed by atoms with E-state index >= 15 is 0 Å². The van der Waals surface area contributed by atoms with Gasteiger partial charge in [-0.1, -0.05) is 58.9 Å². The number of hydrogen-bond acceptors (Lipinski definition) is 2. The highest BCUT2D eigenvalue weighted by molar-refractivity contribution is 5.31. The molecule has 2 rings (SSSR count). The van der Waals surface area contributed by atoms with Gasteiger partial charge in [0.15, 0.2) is 0 Å². The van der Waals surface area contributed by atoms with Crippen LogP contribution in [0.1, 0.15) is 45.7 Å². The fraction of sp³-hybridized carbons (Fsp3) is 0.667. The third kappa shape index (κ3) is 3.83. The predicted octanol–water partition coefficient (Wildman–Crippen LogP) is 3.59. The van der Waals surface area contributed by atoms with E-state index in [0.717, 1.165) is 32.8 Å². The molecule has 2 nitrogen and oxygen atoms in total. The van der Waals surface area contributed by atoms with Crippen LogP contribution >= 0.6 is 0 Å². The fourth-order valence-electron chi connectivity index (χ4n) is 2.83. The van der Waals surface area contributed by atoms with Gasteiger partial charge in [0.1, 0.15) is 0 Å². The van der Waals surface area contributed by atoms with E-state index in [-0.39, 0.29) is 10.8 Å². The third-order valence-corrected chi connectivity index (χ3v) is 4.25. The van der Waals surface area contributed by atoms with Gasteiger partial charge in [-0.2, -0.15) is 0 Å². The average Bonchev–Trinajstić information content (AvgIpc) is 2.38. The SMILES string of the molecule is CC(C)(C)c1ccc(C(C)(C)CN2CCOCC2)cc1. The summed E-state index contributed by atoms with van der Waals surface area (Å²) in [5, 5.41) is 0. The maximum atomic E-state index is 5.43. The molecule has 1 heterocycles. The van der Waals surface area contributed by atoms with Crippen LogP contribution in [0.15, 0.2) is 24.3 Å². The van der Waals surface area contributed by atoms with E-state index in [0.29, 0.717) is 0 Å². The Kier molecular flexibility index (Phi) is 4.55. The van der Waals surface area contributed by atoms with Crippen LogP contribution in [0.4, 0.5) is 0 Å². The highest BCUT2D eigenvalue weighted by atomic mass is 16.5. The first kappa shape index (κ1) is 15.5. The smallest absolute Gasteiger partial charge is 0.0594 e. The number of nitrogens with zero attached hydrogens (tertiary/aromatic N) is 1. The van der Waals surface area contributed by atoms with Crippen molar-refractivity contribution in [1.82, 2.24) is 4.90 Å². The molecule has 0 atom stereocenters. The monoisotopic (exact) mass is 275 g/mol. The Labute approximate surface area is 124 Å². The van der Waals surface area contributed by atoms with Crippen molar-refractivity contribution in [3.63, 3.8) is 0 Å². The van der Waals surface area contributed by atoms with Crippen molar-refractivity contribution < 1.29 is 4.74 Å². The minimum Gasteiger partial charge on any atom is -0.379 e.